The molecule has 1 saturated carbocycles. The summed E-state index contributed by atoms with van der Waals surface area (Å²) in [6.07, 6.45) is 6.56. The zero-order valence-corrected chi connectivity index (χ0v) is 12.6. The van der Waals surface area contributed by atoms with Gasteiger partial charge in [0.1, 0.15) is 0 Å². The Morgan fingerprint density at radius 1 is 1.21 bits per heavy atom. The minimum Gasteiger partial charge on any atom is -0.375 e. The first kappa shape index (κ1) is 13.3. The molecule has 2 nitrogen and oxygen atoms in total. The Bertz CT molecular complexity index is 460. The van der Waals surface area contributed by atoms with Gasteiger partial charge in [0.05, 0.1) is 5.60 Å². The van der Waals surface area contributed by atoms with Crippen LogP contribution in [0.5, 0.6) is 0 Å². The number of hydrogen-bond acceptors (Lipinski definition) is 2. The molecule has 2 fully saturated rings. The number of carbonyl (C=O) groups excluding carboxylic acids is 1. The summed E-state index contributed by atoms with van der Waals surface area (Å²) in [6.45, 7) is 0.743. The molecular formula is C16H19BrO2. The first-order valence-corrected chi connectivity index (χ1v) is 7.92. The van der Waals surface area contributed by atoms with Gasteiger partial charge < -0.3 is 4.74 Å². The van der Waals surface area contributed by atoms with Crippen LogP contribution in [-0.2, 0) is 4.74 Å². The van der Waals surface area contributed by atoms with Crippen molar-refractivity contribution in [1.29, 1.82) is 0 Å². The molecule has 2 aliphatic rings. The van der Waals surface area contributed by atoms with Crippen molar-refractivity contribution in [3.63, 3.8) is 0 Å². The fourth-order valence-electron chi connectivity index (χ4n) is 3.47. The minimum atomic E-state index is 0.0218. The monoisotopic (exact) mass is 322 g/mol. The van der Waals surface area contributed by atoms with Gasteiger partial charge in [-0.15, -0.1) is 0 Å². The SMILES string of the molecule is O=C(c1ccc(Br)cc1)C1CCOC2(CCCC2)C1. The van der Waals surface area contributed by atoms with Crippen molar-refractivity contribution in [2.24, 2.45) is 5.92 Å². The highest BCUT2D eigenvalue weighted by molar-refractivity contribution is 9.10. The number of halogens is 1. The molecule has 0 N–H and O–H groups in total. The van der Waals surface area contributed by atoms with E-state index in [2.05, 4.69) is 15.9 Å². The highest BCUT2D eigenvalue weighted by atomic mass is 79.9. The lowest BCUT2D eigenvalue weighted by molar-refractivity contribution is -0.0866. The first-order chi connectivity index (χ1) is 9.19. The van der Waals surface area contributed by atoms with Gasteiger partial charge in [0.15, 0.2) is 5.78 Å². The van der Waals surface area contributed by atoms with Crippen molar-refractivity contribution in [3.8, 4) is 0 Å². The quantitative estimate of drug-likeness (QED) is 0.756. The van der Waals surface area contributed by atoms with Crippen LogP contribution < -0.4 is 0 Å². The summed E-state index contributed by atoms with van der Waals surface area (Å²) < 4.78 is 7.02. The van der Waals surface area contributed by atoms with Crippen molar-refractivity contribution >= 4 is 21.7 Å². The van der Waals surface area contributed by atoms with Crippen molar-refractivity contribution in [2.75, 3.05) is 6.61 Å². The highest BCUT2D eigenvalue weighted by Crippen LogP contribution is 2.42. The summed E-state index contributed by atoms with van der Waals surface area (Å²) in [5.74, 6) is 0.440. The highest BCUT2D eigenvalue weighted by Gasteiger charge is 2.41. The van der Waals surface area contributed by atoms with E-state index in [-0.39, 0.29) is 11.5 Å². The molecule has 1 spiro atoms. The largest absolute Gasteiger partial charge is 0.375 e. The van der Waals surface area contributed by atoms with Gasteiger partial charge in [-0.1, -0.05) is 40.9 Å². The average Bonchev–Trinajstić information content (AvgIpc) is 2.87. The molecule has 3 rings (SSSR count). The molecule has 0 aromatic heterocycles. The normalized spacial score (nSPS) is 25.6. The molecule has 19 heavy (non-hydrogen) atoms. The van der Waals surface area contributed by atoms with Crippen LogP contribution in [0.25, 0.3) is 0 Å². The number of Topliss-reactive ketones (excluding diaryl/α,β-unsaturated/α-hetero) is 1. The lowest BCUT2D eigenvalue weighted by atomic mass is 9.81. The van der Waals surface area contributed by atoms with Crippen LogP contribution in [0.4, 0.5) is 0 Å². The van der Waals surface area contributed by atoms with Gasteiger partial charge in [-0.05, 0) is 37.8 Å². The molecule has 0 bridgehead atoms. The van der Waals surface area contributed by atoms with Crippen LogP contribution >= 0.6 is 15.9 Å². The molecule has 1 aliphatic heterocycles. The van der Waals surface area contributed by atoms with Gasteiger partial charge >= 0.3 is 0 Å². The molecule has 1 aliphatic carbocycles. The predicted octanol–water partition coefficient (Wildman–Crippen LogP) is 4.37. The average molecular weight is 323 g/mol. The van der Waals surface area contributed by atoms with Crippen molar-refractivity contribution in [3.05, 3.63) is 34.3 Å². The van der Waals surface area contributed by atoms with E-state index < -0.39 is 0 Å². The van der Waals surface area contributed by atoms with E-state index in [4.69, 9.17) is 4.74 Å². The molecule has 0 amide bonds. The van der Waals surface area contributed by atoms with Gasteiger partial charge in [-0.3, -0.25) is 4.79 Å². The molecule has 1 saturated heterocycles. The van der Waals surface area contributed by atoms with E-state index in [0.717, 1.165) is 42.3 Å². The van der Waals surface area contributed by atoms with E-state index in [1.54, 1.807) is 0 Å². The van der Waals surface area contributed by atoms with E-state index in [1.807, 2.05) is 24.3 Å². The van der Waals surface area contributed by atoms with Gasteiger partial charge in [0, 0.05) is 22.6 Å². The summed E-state index contributed by atoms with van der Waals surface area (Å²) in [6, 6.07) is 7.72. The third-order valence-corrected chi connectivity index (χ3v) is 5.04. The number of ether oxygens (including phenoxy) is 1. The second-order valence-electron chi connectivity index (χ2n) is 5.80. The second kappa shape index (κ2) is 5.37. The molecule has 3 heteroatoms. The topological polar surface area (TPSA) is 26.3 Å². The molecule has 1 aromatic carbocycles. The lowest BCUT2D eigenvalue weighted by Crippen LogP contribution is -2.39. The van der Waals surface area contributed by atoms with Crippen molar-refractivity contribution < 1.29 is 9.53 Å². The Balaban J connectivity index is 1.74. The van der Waals surface area contributed by atoms with Crippen LogP contribution in [-0.4, -0.2) is 18.0 Å². The summed E-state index contributed by atoms with van der Waals surface area (Å²) in [7, 11) is 0. The number of hydrogen-bond donors (Lipinski definition) is 0. The van der Waals surface area contributed by atoms with Crippen molar-refractivity contribution in [2.45, 2.75) is 44.1 Å². The molecule has 1 aromatic rings. The lowest BCUT2D eigenvalue weighted by Gasteiger charge is -2.37. The Hall–Kier alpha value is -0.670. The second-order valence-corrected chi connectivity index (χ2v) is 6.72. The third kappa shape index (κ3) is 2.77. The first-order valence-electron chi connectivity index (χ1n) is 7.12. The third-order valence-electron chi connectivity index (χ3n) is 4.51. The Kier molecular flexibility index (Phi) is 3.77. The minimum absolute atomic E-state index is 0.0218. The molecule has 0 radical (unpaired) electrons. The standard InChI is InChI=1S/C16H19BrO2/c17-14-5-3-12(4-6-14)15(18)13-7-10-19-16(11-13)8-1-2-9-16/h3-6,13H,1-2,7-11H2. The van der Waals surface area contributed by atoms with Crippen LogP contribution in [0.2, 0.25) is 0 Å². The maximum Gasteiger partial charge on any atom is 0.166 e. The molecule has 1 unspecified atom stereocenters. The summed E-state index contributed by atoms with van der Waals surface area (Å²) in [4.78, 5) is 12.6. The Morgan fingerprint density at radius 3 is 2.58 bits per heavy atom. The van der Waals surface area contributed by atoms with Gasteiger partial charge in [0.25, 0.3) is 0 Å². The summed E-state index contributed by atoms with van der Waals surface area (Å²) >= 11 is 3.41. The molecule has 1 heterocycles. The fourth-order valence-corrected chi connectivity index (χ4v) is 3.73. The zero-order valence-electron chi connectivity index (χ0n) is 11.0. The zero-order chi connectivity index (χ0) is 13.3. The smallest absolute Gasteiger partial charge is 0.166 e. The van der Waals surface area contributed by atoms with Crippen LogP contribution in [0, 0.1) is 5.92 Å². The van der Waals surface area contributed by atoms with E-state index in [0.29, 0.717) is 5.78 Å². The maximum atomic E-state index is 12.6. The van der Waals surface area contributed by atoms with Gasteiger partial charge in [-0.25, -0.2) is 0 Å². The Labute approximate surface area is 122 Å². The summed E-state index contributed by atoms with van der Waals surface area (Å²) in [5.41, 5.74) is 0.858. The number of benzene rings is 1. The van der Waals surface area contributed by atoms with E-state index >= 15 is 0 Å². The Morgan fingerprint density at radius 2 is 1.89 bits per heavy atom. The van der Waals surface area contributed by atoms with Gasteiger partial charge in [-0.2, -0.15) is 0 Å². The van der Waals surface area contributed by atoms with E-state index in [9.17, 15) is 4.79 Å². The predicted molar refractivity (Wildman–Crippen MR) is 78.3 cm³/mol. The maximum absolute atomic E-state index is 12.6. The number of rotatable bonds is 2. The van der Waals surface area contributed by atoms with E-state index in [1.165, 1.54) is 12.8 Å². The fraction of sp³-hybridized carbons (Fsp3) is 0.562. The molecular weight excluding hydrogens is 304 g/mol. The van der Waals surface area contributed by atoms with Crippen LogP contribution in [0.1, 0.15) is 48.9 Å². The molecule has 102 valence electrons. The molecule has 1 atom stereocenters. The van der Waals surface area contributed by atoms with Crippen molar-refractivity contribution in [1.82, 2.24) is 0 Å². The van der Waals surface area contributed by atoms with Crippen LogP contribution in [0.15, 0.2) is 28.7 Å². The van der Waals surface area contributed by atoms with Crippen LogP contribution in [0.3, 0.4) is 0 Å². The summed E-state index contributed by atoms with van der Waals surface area (Å²) in [5, 5.41) is 0. The number of carbonyl (C=O) groups is 1. The van der Waals surface area contributed by atoms with Gasteiger partial charge in [0.2, 0.25) is 0 Å². The number of ketones is 1.